The summed E-state index contributed by atoms with van der Waals surface area (Å²) in [5.41, 5.74) is 0. The third-order valence-electron chi connectivity index (χ3n) is 2.63. The average Bonchev–Trinajstić information content (AvgIpc) is 3.23. The van der Waals surface area contributed by atoms with E-state index in [1.807, 2.05) is 13.8 Å². The van der Waals surface area contributed by atoms with Gasteiger partial charge in [0.2, 0.25) is 0 Å². The molecular weight excluding hydrogens is 240 g/mol. The Kier molecular flexibility index (Phi) is 5.81. The first-order valence-corrected chi connectivity index (χ1v) is 6.43. The van der Waals surface area contributed by atoms with E-state index in [-0.39, 0.29) is 24.8 Å². The lowest BCUT2D eigenvalue weighted by Crippen LogP contribution is -2.22. The molecule has 0 aromatic rings. The molecule has 18 heavy (non-hydrogen) atoms. The molecule has 0 bridgehead atoms. The highest BCUT2D eigenvalue weighted by Gasteiger charge is 2.24. The van der Waals surface area contributed by atoms with E-state index < -0.39 is 0 Å². The van der Waals surface area contributed by atoms with Crippen LogP contribution in [0.25, 0.3) is 0 Å². The molecule has 0 N–H and O–H groups in total. The van der Waals surface area contributed by atoms with E-state index in [4.69, 9.17) is 28.4 Å². The van der Waals surface area contributed by atoms with E-state index in [0.717, 1.165) is 13.2 Å². The normalized spacial score (nSPS) is 29.0. The number of hydrogen-bond acceptors (Lipinski definition) is 6. The van der Waals surface area contributed by atoms with E-state index in [2.05, 4.69) is 0 Å². The van der Waals surface area contributed by atoms with Crippen LogP contribution in [0, 0.1) is 0 Å². The zero-order valence-corrected chi connectivity index (χ0v) is 11.0. The topological polar surface area (TPSA) is 62.0 Å². The minimum Gasteiger partial charge on any atom is -0.371 e. The second kappa shape index (κ2) is 7.37. The molecule has 2 rings (SSSR count). The van der Waals surface area contributed by atoms with Gasteiger partial charge in [0, 0.05) is 0 Å². The van der Waals surface area contributed by atoms with Gasteiger partial charge in [-0.05, 0) is 13.8 Å². The second-order valence-electron chi connectivity index (χ2n) is 4.45. The molecule has 106 valence electrons. The van der Waals surface area contributed by atoms with E-state index in [9.17, 15) is 0 Å². The number of hydrogen-bond donors (Lipinski definition) is 0. The summed E-state index contributed by atoms with van der Waals surface area (Å²) in [6, 6.07) is 0. The van der Waals surface area contributed by atoms with Gasteiger partial charge in [0.25, 0.3) is 0 Å². The van der Waals surface area contributed by atoms with Gasteiger partial charge >= 0.3 is 0 Å². The van der Waals surface area contributed by atoms with E-state index >= 15 is 0 Å². The van der Waals surface area contributed by atoms with Crippen molar-refractivity contribution in [2.45, 2.75) is 38.6 Å². The molecular formula is C12H22O6. The van der Waals surface area contributed by atoms with Gasteiger partial charge in [-0.15, -0.1) is 0 Å². The van der Waals surface area contributed by atoms with Crippen molar-refractivity contribution in [3.8, 4) is 0 Å². The molecule has 2 aliphatic heterocycles. The molecule has 0 spiro atoms. The smallest absolute Gasteiger partial charge is 0.155 e. The Labute approximate surface area is 107 Å². The highest BCUT2D eigenvalue weighted by molar-refractivity contribution is 4.67. The number of ether oxygens (including phenoxy) is 6. The van der Waals surface area contributed by atoms with Crippen LogP contribution in [0.15, 0.2) is 0 Å². The highest BCUT2D eigenvalue weighted by Crippen LogP contribution is 2.11. The maximum Gasteiger partial charge on any atom is 0.155 e. The van der Waals surface area contributed by atoms with Gasteiger partial charge in [0.1, 0.15) is 12.2 Å². The van der Waals surface area contributed by atoms with Crippen LogP contribution in [-0.4, -0.2) is 64.4 Å². The lowest BCUT2D eigenvalue weighted by molar-refractivity contribution is -0.172. The largest absolute Gasteiger partial charge is 0.371 e. The Morgan fingerprint density at radius 1 is 0.833 bits per heavy atom. The maximum atomic E-state index is 5.43. The van der Waals surface area contributed by atoms with Crippen LogP contribution in [0.3, 0.4) is 0 Å². The molecule has 2 fully saturated rings. The molecule has 0 aromatic carbocycles. The Bertz CT molecular complexity index is 205. The van der Waals surface area contributed by atoms with E-state index in [1.54, 1.807) is 0 Å². The van der Waals surface area contributed by atoms with Crippen molar-refractivity contribution in [3.63, 3.8) is 0 Å². The van der Waals surface area contributed by atoms with Gasteiger partial charge in [0.05, 0.1) is 39.6 Å². The monoisotopic (exact) mass is 262 g/mol. The highest BCUT2D eigenvalue weighted by atomic mass is 16.7. The fourth-order valence-electron chi connectivity index (χ4n) is 1.34. The molecule has 0 amide bonds. The summed E-state index contributed by atoms with van der Waals surface area (Å²) in [5.74, 6) is 0. The Balaban J connectivity index is 1.36. The third kappa shape index (κ3) is 6.63. The van der Waals surface area contributed by atoms with Crippen LogP contribution in [0.2, 0.25) is 0 Å². The Morgan fingerprint density at radius 3 is 1.56 bits per heavy atom. The summed E-state index contributed by atoms with van der Waals surface area (Å²) in [6.07, 6.45) is 0.0820. The molecule has 0 saturated carbocycles. The molecule has 6 heteroatoms. The van der Waals surface area contributed by atoms with Crippen LogP contribution in [0.1, 0.15) is 13.8 Å². The van der Waals surface area contributed by atoms with Crippen LogP contribution < -0.4 is 0 Å². The molecule has 4 atom stereocenters. The molecule has 2 heterocycles. The zero-order chi connectivity index (χ0) is 12.8. The summed E-state index contributed by atoms with van der Waals surface area (Å²) in [5, 5.41) is 0. The van der Waals surface area contributed by atoms with Crippen LogP contribution in [0.5, 0.6) is 0 Å². The zero-order valence-electron chi connectivity index (χ0n) is 11.0. The average molecular weight is 262 g/mol. The van der Waals surface area contributed by atoms with Gasteiger partial charge < -0.3 is 28.4 Å². The summed E-state index contributed by atoms with van der Waals surface area (Å²) < 4.78 is 31.7. The van der Waals surface area contributed by atoms with Gasteiger partial charge in [-0.2, -0.15) is 0 Å². The fraction of sp³-hybridized carbons (Fsp3) is 1.00. The first-order chi connectivity index (χ1) is 8.74. The minimum atomic E-state index is -0.228. The molecule has 6 nitrogen and oxygen atoms in total. The van der Waals surface area contributed by atoms with Crippen molar-refractivity contribution < 1.29 is 28.4 Å². The van der Waals surface area contributed by atoms with Crippen molar-refractivity contribution in [3.05, 3.63) is 0 Å². The van der Waals surface area contributed by atoms with Crippen molar-refractivity contribution >= 4 is 0 Å². The quantitative estimate of drug-likeness (QED) is 0.308. The van der Waals surface area contributed by atoms with Gasteiger partial charge in [0.15, 0.2) is 12.6 Å². The molecule has 2 saturated heterocycles. The summed E-state index contributed by atoms with van der Waals surface area (Å²) >= 11 is 0. The maximum absolute atomic E-state index is 5.43. The Hall–Kier alpha value is -0.240. The predicted octanol–water partition coefficient (Wildman–Crippen LogP) is 0.542. The van der Waals surface area contributed by atoms with Crippen molar-refractivity contribution in [2.24, 2.45) is 0 Å². The van der Waals surface area contributed by atoms with Crippen molar-refractivity contribution in [1.29, 1.82) is 0 Å². The predicted molar refractivity (Wildman–Crippen MR) is 62.2 cm³/mol. The van der Waals surface area contributed by atoms with Gasteiger partial charge in [-0.3, -0.25) is 0 Å². The SMILES string of the molecule is CC(OCCOC(C)OCC1CO1)OCC1CO1. The van der Waals surface area contributed by atoms with E-state index in [0.29, 0.717) is 26.4 Å². The third-order valence-corrected chi connectivity index (χ3v) is 2.63. The minimum absolute atomic E-state index is 0.228. The Morgan fingerprint density at radius 2 is 1.22 bits per heavy atom. The standard InChI is InChI=1S/C12H22O6/c1-9(15-5-11-7-17-11)13-3-4-14-10(2)16-6-12-8-18-12/h9-12H,3-8H2,1-2H3. The van der Waals surface area contributed by atoms with Crippen LogP contribution in [0.4, 0.5) is 0 Å². The van der Waals surface area contributed by atoms with Crippen LogP contribution in [-0.2, 0) is 28.4 Å². The lowest BCUT2D eigenvalue weighted by Gasteiger charge is -2.16. The van der Waals surface area contributed by atoms with Gasteiger partial charge in [-0.1, -0.05) is 0 Å². The van der Waals surface area contributed by atoms with Crippen LogP contribution >= 0.6 is 0 Å². The molecule has 0 aromatic heterocycles. The summed E-state index contributed by atoms with van der Waals surface area (Å²) in [7, 11) is 0. The summed E-state index contributed by atoms with van der Waals surface area (Å²) in [4.78, 5) is 0. The second-order valence-corrected chi connectivity index (χ2v) is 4.45. The number of rotatable bonds is 11. The van der Waals surface area contributed by atoms with Crippen molar-refractivity contribution in [1.82, 2.24) is 0 Å². The first kappa shape index (κ1) is 14.2. The summed E-state index contributed by atoms with van der Waals surface area (Å²) in [6.45, 7) is 7.51. The molecule has 4 unspecified atom stereocenters. The van der Waals surface area contributed by atoms with Crippen molar-refractivity contribution in [2.75, 3.05) is 39.6 Å². The molecule has 2 aliphatic rings. The first-order valence-electron chi connectivity index (χ1n) is 6.43. The van der Waals surface area contributed by atoms with E-state index in [1.165, 1.54) is 0 Å². The molecule has 0 aliphatic carbocycles. The fourth-order valence-corrected chi connectivity index (χ4v) is 1.34. The number of epoxide rings is 2. The molecule has 0 radical (unpaired) electrons. The lowest BCUT2D eigenvalue weighted by atomic mass is 10.5. The van der Waals surface area contributed by atoms with Gasteiger partial charge in [-0.25, -0.2) is 0 Å².